The van der Waals surface area contributed by atoms with Gasteiger partial charge in [0, 0.05) is 47.4 Å². The number of hydrogen-bond donors (Lipinski definition) is 3. The highest BCUT2D eigenvalue weighted by molar-refractivity contribution is 6.00. The van der Waals surface area contributed by atoms with Crippen molar-refractivity contribution in [3.05, 3.63) is 59.7 Å². The maximum Gasteiger partial charge on any atom is 0.162 e. The van der Waals surface area contributed by atoms with Crippen molar-refractivity contribution in [3.8, 4) is 0 Å². The van der Waals surface area contributed by atoms with E-state index >= 15 is 4.79 Å². The molecule has 8 saturated carbocycles. The standard InChI is InChI=1S/C50H71NO5/c1-45-16-13-39(52)27-48(45)19-20-50(41(28-48)44(54)38-11-7-4-8-12-38)42(45)14-17-46(2)43(50)15-18-49(46,55)33-51(29-40(53)31-56-30-34-9-5-3-6-10-34)32-47-24-35-21-36(25-47)23-37(22-35)26-47/h3,5-6,9-10,19-20,28,35-40,42-43,52-53,55H,4,7-8,11-18,21-27,29-33H2,1-2H3/t35?,36?,37?,39?,40-,42-,43-,45-,46+,47?,48+,49-,50-/m1/s1. The molecule has 0 radical (unpaired) electrons. The van der Waals surface area contributed by atoms with E-state index < -0.39 is 11.7 Å². The van der Waals surface area contributed by atoms with Crippen molar-refractivity contribution >= 4 is 5.78 Å². The Labute approximate surface area is 336 Å². The van der Waals surface area contributed by atoms with E-state index in [-0.39, 0.29) is 51.6 Å². The van der Waals surface area contributed by atoms with Crippen LogP contribution in [0.3, 0.4) is 0 Å². The van der Waals surface area contributed by atoms with E-state index in [9.17, 15) is 15.3 Å². The van der Waals surface area contributed by atoms with Gasteiger partial charge in [-0.2, -0.15) is 0 Å². The summed E-state index contributed by atoms with van der Waals surface area (Å²) in [5, 5.41) is 36.3. The summed E-state index contributed by atoms with van der Waals surface area (Å²) < 4.78 is 6.11. The Hall–Kier alpha value is -1.83. The maximum atomic E-state index is 15.1. The van der Waals surface area contributed by atoms with Gasteiger partial charge >= 0.3 is 0 Å². The van der Waals surface area contributed by atoms with Crippen molar-refractivity contribution in [2.24, 2.45) is 62.6 Å². The third-order valence-electron chi connectivity index (χ3n) is 19.1. The summed E-state index contributed by atoms with van der Waals surface area (Å²) in [6, 6.07) is 10.2. The molecule has 56 heavy (non-hydrogen) atoms. The van der Waals surface area contributed by atoms with Crippen LogP contribution in [-0.2, 0) is 16.1 Å². The quantitative estimate of drug-likeness (QED) is 0.185. The Morgan fingerprint density at radius 2 is 1.48 bits per heavy atom. The molecular weight excluding hydrogens is 695 g/mol. The third kappa shape index (κ3) is 5.90. The lowest BCUT2D eigenvalue weighted by Gasteiger charge is -2.71. The van der Waals surface area contributed by atoms with Gasteiger partial charge in [-0.1, -0.05) is 81.7 Å². The van der Waals surface area contributed by atoms with E-state index in [1.165, 1.54) is 44.9 Å². The van der Waals surface area contributed by atoms with Crippen molar-refractivity contribution < 1.29 is 24.9 Å². The van der Waals surface area contributed by atoms with E-state index in [4.69, 9.17) is 4.74 Å². The van der Waals surface area contributed by atoms with E-state index in [0.29, 0.717) is 31.4 Å². The Balaban J connectivity index is 0.962. The van der Waals surface area contributed by atoms with Gasteiger partial charge in [0.05, 0.1) is 31.0 Å². The van der Waals surface area contributed by atoms with Crippen molar-refractivity contribution in [1.29, 1.82) is 0 Å². The molecule has 6 bridgehead atoms. The van der Waals surface area contributed by atoms with Crippen LogP contribution < -0.4 is 0 Å². The number of benzene rings is 1. The topological polar surface area (TPSA) is 90.2 Å². The predicted molar refractivity (Wildman–Crippen MR) is 219 cm³/mol. The molecule has 306 valence electrons. The van der Waals surface area contributed by atoms with Gasteiger partial charge in [-0.15, -0.1) is 0 Å². The largest absolute Gasteiger partial charge is 0.393 e. The van der Waals surface area contributed by atoms with Gasteiger partial charge in [0.1, 0.15) is 0 Å². The predicted octanol–water partition coefficient (Wildman–Crippen LogP) is 8.82. The van der Waals surface area contributed by atoms with Crippen molar-refractivity contribution in [3.63, 3.8) is 0 Å². The minimum atomic E-state index is -0.924. The highest BCUT2D eigenvalue weighted by Crippen LogP contribution is 2.78. The fraction of sp³-hybridized carbons (Fsp3) is 0.780. The Morgan fingerprint density at radius 1 is 0.821 bits per heavy atom. The number of nitrogens with zero attached hydrogens (tertiary/aromatic N) is 1. The molecule has 8 fully saturated rings. The van der Waals surface area contributed by atoms with Gasteiger partial charge in [-0.05, 0) is 142 Å². The lowest BCUT2D eigenvalue weighted by Crippen LogP contribution is -2.67. The number of hydrogen-bond acceptors (Lipinski definition) is 6. The number of carbonyl (C=O) groups excluding carboxylic acids is 1. The van der Waals surface area contributed by atoms with Gasteiger partial charge < -0.3 is 20.1 Å². The molecule has 0 heterocycles. The van der Waals surface area contributed by atoms with Crippen LogP contribution in [0.1, 0.15) is 135 Å². The summed E-state index contributed by atoms with van der Waals surface area (Å²) in [5.74, 6) is 3.55. The molecule has 11 aliphatic rings. The third-order valence-corrected chi connectivity index (χ3v) is 19.1. The average Bonchev–Trinajstić information content (AvgIpc) is 3.44. The van der Waals surface area contributed by atoms with Crippen LogP contribution in [0.15, 0.2) is 54.1 Å². The summed E-state index contributed by atoms with van der Waals surface area (Å²) in [5.41, 5.74) is 0.528. The van der Waals surface area contributed by atoms with Crippen molar-refractivity contribution in [2.45, 2.75) is 154 Å². The van der Waals surface area contributed by atoms with E-state index in [0.717, 1.165) is 106 Å². The molecule has 2 spiro atoms. The summed E-state index contributed by atoms with van der Waals surface area (Å²) >= 11 is 0. The SMILES string of the molecule is C[C@]12CC[C@H]3[C@]4(C=C[C@@]5(C=C4C(=O)C4CCCCC4)CC(O)CC[C@]35C)[C@@H]1CC[C@@]2(O)CN(C[C@@H](O)COCc1ccccc1)CC12CC3CC(CC(C3)C1)C2. The summed E-state index contributed by atoms with van der Waals surface area (Å²) in [6.07, 6.45) is 26.2. The molecule has 11 aliphatic carbocycles. The molecule has 0 amide bonds. The van der Waals surface area contributed by atoms with Crippen LogP contribution in [0.25, 0.3) is 0 Å². The minimum absolute atomic E-state index is 0.00619. The van der Waals surface area contributed by atoms with E-state index in [1.807, 2.05) is 18.2 Å². The van der Waals surface area contributed by atoms with E-state index in [1.54, 1.807) is 0 Å². The first-order valence-electron chi connectivity index (χ1n) is 23.3. The zero-order chi connectivity index (χ0) is 38.6. The number of carbonyl (C=O) groups is 1. The molecule has 6 nitrogen and oxygen atoms in total. The molecule has 9 atom stereocenters. The van der Waals surface area contributed by atoms with Crippen LogP contribution in [0, 0.1) is 62.6 Å². The Kier molecular flexibility index (Phi) is 9.50. The second-order valence-electron chi connectivity index (χ2n) is 22.3. The van der Waals surface area contributed by atoms with Crippen LogP contribution in [-0.4, -0.2) is 70.1 Å². The number of allylic oxidation sites excluding steroid dienone is 4. The fourth-order valence-corrected chi connectivity index (χ4v) is 17.0. The second-order valence-corrected chi connectivity index (χ2v) is 22.3. The van der Waals surface area contributed by atoms with E-state index in [2.05, 4.69) is 49.1 Å². The van der Waals surface area contributed by atoms with Gasteiger partial charge in [-0.25, -0.2) is 0 Å². The molecule has 1 unspecified atom stereocenters. The highest BCUT2D eigenvalue weighted by Gasteiger charge is 2.74. The second kappa shape index (κ2) is 13.9. The number of Topliss-reactive ketones (excluding diaryl/α,β-unsaturated/α-hetero) is 1. The lowest BCUT2D eigenvalue weighted by atomic mass is 9.32. The molecule has 0 saturated heterocycles. The first-order valence-corrected chi connectivity index (χ1v) is 23.3. The van der Waals surface area contributed by atoms with Gasteiger partial charge in [-0.3, -0.25) is 9.69 Å². The molecule has 3 N–H and O–H groups in total. The smallest absolute Gasteiger partial charge is 0.162 e. The molecule has 1 aromatic carbocycles. The fourth-order valence-electron chi connectivity index (χ4n) is 17.0. The Morgan fingerprint density at radius 3 is 2.20 bits per heavy atom. The van der Waals surface area contributed by atoms with Gasteiger partial charge in [0.2, 0.25) is 0 Å². The van der Waals surface area contributed by atoms with Crippen molar-refractivity contribution in [2.75, 3.05) is 26.2 Å². The van der Waals surface area contributed by atoms with Crippen LogP contribution in [0.2, 0.25) is 0 Å². The molecule has 0 aliphatic heterocycles. The van der Waals surface area contributed by atoms with Gasteiger partial charge in [0.25, 0.3) is 0 Å². The molecular formula is C50H71NO5. The number of ether oxygens (including phenoxy) is 1. The average molecular weight is 766 g/mol. The number of aliphatic hydroxyl groups excluding tert-OH is 2. The lowest BCUT2D eigenvalue weighted by molar-refractivity contribution is -0.182. The van der Waals surface area contributed by atoms with Gasteiger partial charge in [0.15, 0.2) is 5.78 Å². The summed E-state index contributed by atoms with van der Waals surface area (Å²) in [7, 11) is 0. The summed E-state index contributed by atoms with van der Waals surface area (Å²) in [4.78, 5) is 17.6. The van der Waals surface area contributed by atoms with Crippen LogP contribution >= 0.6 is 0 Å². The first-order chi connectivity index (χ1) is 26.9. The molecule has 12 rings (SSSR count). The zero-order valence-electron chi connectivity index (χ0n) is 34.6. The minimum Gasteiger partial charge on any atom is -0.393 e. The zero-order valence-corrected chi connectivity index (χ0v) is 34.6. The normalized spacial score (nSPS) is 46.7. The Bertz CT molecular complexity index is 1680. The molecule has 1 aromatic rings. The molecule has 0 aromatic heterocycles. The van der Waals surface area contributed by atoms with Crippen LogP contribution in [0.5, 0.6) is 0 Å². The number of ketones is 1. The first kappa shape index (κ1) is 38.4. The number of rotatable bonds is 12. The van der Waals surface area contributed by atoms with Crippen molar-refractivity contribution in [1.82, 2.24) is 4.90 Å². The van der Waals surface area contributed by atoms with Crippen LogP contribution in [0.4, 0.5) is 0 Å². The number of aliphatic hydroxyl groups is 3. The monoisotopic (exact) mass is 766 g/mol. The maximum absolute atomic E-state index is 15.1. The number of fused-ring (bicyclic) bond motifs is 1. The molecule has 6 heteroatoms. The summed E-state index contributed by atoms with van der Waals surface area (Å²) in [6.45, 7) is 7.72. The highest BCUT2D eigenvalue weighted by atomic mass is 16.5.